The van der Waals surface area contributed by atoms with Crippen molar-refractivity contribution in [2.75, 3.05) is 12.3 Å². The van der Waals surface area contributed by atoms with Gasteiger partial charge in [0.2, 0.25) is 0 Å². The van der Waals surface area contributed by atoms with Crippen LogP contribution in [-0.2, 0) is 15.4 Å². The van der Waals surface area contributed by atoms with Gasteiger partial charge in [0.25, 0.3) is 0 Å². The Morgan fingerprint density at radius 3 is 2.82 bits per heavy atom. The molecule has 0 saturated carbocycles. The number of nitrogens with zero attached hydrogens (tertiary/aromatic N) is 1. The van der Waals surface area contributed by atoms with Crippen LogP contribution in [0.5, 0.6) is 0 Å². The van der Waals surface area contributed by atoms with Crippen LogP contribution in [0.1, 0.15) is 18.9 Å². The van der Waals surface area contributed by atoms with E-state index in [0.717, 1.165) is 0 Å². The van der Waals surface area contributed by atoms with Gasteiger partial charge in [-0.1, -0.05) is 25.1 Å². The van der Waals surface area contributed by atoms with Crippen LogP contribution in [0.25, 0.3) is 0 Å². The van der Waals surface area contributed by atoms with E-state index < -0.39 is 15.4 Å². The predicted molar refractivity (Wildman–Crippen MR) is 64.1 cm³/mol. The summed E-state index contributed by atoms with van der Waals surface area (Å²) in [5.74, 6) is 0.0184. The Bertz CT molecular complexity index is 574. The molecule has 0 aliphatic carbocycles. The van der Waals surface area contributed by atoms with E-state index in [9.17, 15) is 13.7 Å². The van der Waals surface area contributed by atoms with Crippen molar-refractivity contribution in [1.82, 2.24) is 5.32 Å². The zero-order valence-corrected chi connectivity index (χ0v) is 10.4. The van der Waals surface area contributed by atoms with Gasteiger partial charge in [0.1, 0.15) is 5.54 Å². The van der Waals surface area contributed by atoms with Gasteiger partial charge in [-0.3, -0.25) is 5.32 Å². The molecule has 5 heteroatoms. The number of benzene rings is 1. The van der Waals surface area contributed by atoms with Gasteiger partial charge < -0.3 is 0 Å². The molecule has 1 atom stereocenters. The molecule has 0 amide bonds. The lowest BCUT2D eigenvalue weighted by atomic mass is 9.88. The first-order valence-electron chi connectivity index (χ1n) is 5.54. The summed E-state index contributed by atoms with van der Waals surface area (Å²) in [5.41, 5.74) is -0.285. The van der Waals surface area contributed by atoms with E-state index in [0.29, 0.717) is 18.5 Å². The lowest BCUT2D eigenvalue weighted by Crippen LogP contribution is -2.46. The van der Waals surface area contributed by atoms with Gasteiger partial charge in [-0.15, -0.1) is 0 Å². The highest BCUT2D eigenvalue weighted by Gasteiger charge is 2.41. The third-order valence-corrected chi connectivity index (χ3v) is 4.86. The minimum Gasteiger partial charge on any atom is -0.296 e. The minimum atomic E-state index is -3.23. The molecule has 0 radical (unpaired) electrons. The number of rotatable bonds is 2. The monoisotopic (exact) mass is 250 g/mol. The lowest BCUT2D eigenvalue weighted by molar-refractivity contribution is 0.407. The molecule has 4 nitrogen and oxygen atoms in total. The number of nitriles is 1. The smallest absolute Gasteiger partial charge is 0.178 e. The summed E-state index contributed by atoms with van der Waals surface area (Å²) in [7, 11) is -3.23. The van der Waals surface area contributed by atoms with Gasteiger partial charge in [0.15, 0.2) is 9.84 Å². The van der Waals surface area contributed by atoms with Crippen molar-refractivity contribution in [2.45, 2.75) is 23.8 Å². The van der Waals surface area contributed by atoms with E-state index in [1.165, 1.54) is 0 Å². The Kier molecular flexibility index (Phi) is 2.94. The number of hydrogen-bond acceptors (Lipinski definition) is 4. The second-order valence-corrected chi connectivity index (χ2v) is 6.19. The van der Waals surface area contributed by atoms with E-state index in [1.807, 2.05) is 6.92 Å². The molecule has 0 aromatic heterocycles. The van der Waals surface area contributed by atoms with Gasteiger partial charge in [-0.2, -0.15) is 5.26 Å². The summed E-state index contributed by atoms with van der Waals surface area (Å²) in [5, 5.41) is 12.5. The summed E-state index contributed by atoms with van der Waals surface area (Å²) in [6.45, 7) is 2.53. The fraction of sp³-hybridized carbons (Fsp3) is 0.417. The number of sulfone groups is 1. The molecule has 1 aliphatic rings. The van der Waals surface area contributed by atoms with Crippen LogP contribution in [0.3, 0.4) is 0 Å². The van der Waals surface area contributed by atoms with Gasteiger partial charge >= 0.3 is 0 Å². The van der Waals surface area contributed by atoms with Gasteiger partial charge in [-0.25, -0.2) is 8.42 Å². The zero-order valence-electron chi connectivity index (χ0n) is 9.60. The zero-order chi connectivity index (χ0) is 12.5. The maximum Gasteiger partial charge on any atom is 0.178 e. The molecular weight excluding hydrogens is 236 g/mol. The Labute approximate surface area is 101 Å². The molecule has 0 spiro atoms. The summed E-state index contributed by atoms with van der Waals surface area (Å²) in [6.07, 6.45) is 0.302. The highest BCUT2D eigenvalue weighted by Crippen LogP contribution is 2.36. The third kappa shape index (κ3) is 1.84. The van der Waals surface area contributed by atoms with Crippen LogP contribution in [0, 0.1) is 11.3 Å². The Morgan fingerprint density at radius 2 is 2.18 bits per heavy atom. The molecule has 17 heavy (non-hydrogen) atoms. The van der Waals surface area contributed by atoms with Gasteiger partial charge in [-0.05, 0) is 19.0 Å². The fourth-order valence-corrected chi connectivity index (χ4v) is 3.92. The summed E-state index contributed by atoms with van der Waals surface area (Å²) < 4.78 is 23.9. The lowest BCUT2D eigenvalue weighted by Gasteiger charge is -2.33. The number of hydrogen-bond donors (Lipinski definition) is 1. The molecule has 0 saturated heterocycles. The van der Waals surface area contributed by atoms with Crippen LogP contribution in [0.2, 0.25) is 0 Å². The highest BCUT2D eigenvalue weighted by atomic mass is 32.2. The molecule has 1 aliphatic heterocycles. The quantitative estimate of drug-likeness (QED) is 0.856. The molecule has 2 rings (SSSR count). The SMILES string of the molecule is CCNC1(C#N)CCS(=O)(=O)c2ccccc21. The van der Waals surface area contributed by atoms with E-state index in [4.69, 9.17) is 0 Å². The maximum absolute atomic E-state index is 11.9. The molecule has 1 N–H and O–H groups in total. The second kappa shape index (κ2) is 4.13. The van der Waals surface area contributed by atoms with Crippen LogP contribution in [0.15, 0.2) is 29.2 Å². The summed E-state index contributed by atoms with van der Waals surface area (Å²) in [4.78, 5) is 0.286. The topological polar surface area (TPSA) is 70.0 Å². The van der Waals surface area contributed by atoms with Gasteiger partial charge in [0, 0.05) is 5.56 Å². The maximum atomic E-state index is 11.9. The third-order valence-electron chi connectivity index (χ3n) is 3.10. The average molecular weight is 250 g/mol. The Hall–Kier alpha value is -1.38. The highest BCUT2D eigenvalue weighted by molar-refractivity contribution is 7.91. The van der Waals surface area contributed by atoms with Crippen molar-refractivity contribution < 1.29 is 8.42 Å². The van der Waals surface area contributed by atoms with E-state index in [2.05, 4.69) is 11.4 Å². The Morgan fingerprint density at radius 1 is 1.47 bits per heavy atom. The van der Waals surface area contributed by atoms with Crippen molar-refractivity contribution in [3.63, 3.8) is 0 Å². The standard InChI is InChI=1S/C12H14N2O2S/c1-2-14-12(9-13)7-8-17(15,16)11-6-4-3-5-10(11)12/h3-6,14H,2,7-8H2,1H3. The van der Waals surface area contributed by atoms with Crippen molar-refractivity contribution in [1.29, 1.82) is 5.26 Å². The summed E-state index contributed by atoms with van der Waals surface area (Å²) >= 11 is 0. The van der Waals surface area contributed by atoms with Crippen molar-refractivity contribution in [3.8, 4) is 6.07 Å². The first-order valence-corrected chi connectivity index (χ1v) is 7.19. The van der Waals surface area contributed by atoms with Crippen molar-refractivity contribution in [2.24, 2.45) is 0 Å². The molecule has 0 bridgehead atoms. The van der Waals surface area contributed by atoms with Crippen molar-refractivity contribution in [3.05, 3.63) is 29.8 Å². The molecule has 1 heterocycles. The molecule has 1 aromatic rings. The van der Waals surface area contributed by atoms with Crippen LogP contribution in [-0.4, -0.2) is 20.7 Å². The molecule has 1 aromatic carbocycles. The van der Waals surface area contributed by atoms with E-state index in [1.54, 1.807) is 24.3 Å². The van der Waals surface area contributed by atoms with E-state index >= 15 is 0 Å². The average Bonchev–Trinajstić information content (AvgIpc) is 2.34. The normalized spacial score (nSPS) is 25.9. The minimum absolute atomic E-state index is 0.0184. The van der Waals surface area contributed by atoms with E-state index in [-0.39, 0.29) is 10.6 Å². The largest absolute Gasteiger partial charge is 0.296 e. The predicted octanol–water partition coefficient (Wildman–Crippen LogP) is 1.19. The number of nitrogens with one attached hydrogen (secondary N) is 1. The molecule has 0 fully saturated rings. The molecular formula is C12H14N2O2S. The first-order chi connectivity index (χ1) is 8.06. The fourth-order valence-electron chi connectivity index (χ4n) is 2.26. The van der Waals surface area contributed by atoms with Crippen LogP contribution >= 0.6 is 0 Å². The first kappa shape index (κ1) is 12.1. The molecule has 90 valence electrons. The number of fused-ring (bicyclic) bond motifs is 1. The Balaban J connectivity index is 2.67. The molecule has 1 unspecified atom stereocenters. The van der Waals surface area contributed by atoms with Crippen molar-refractivity contribution >= 4 is 9.84 Å². The summed E-state index contributed by atoms with van der Waals surface area (Å²) in [6, 6.07) is 8.99. The van der Waals surface area contributed by atoms with Gasteiger partial charge in [0.05, 0.1) is 16.7 Å². The van der Waals surface area contributed by atoms with Crippen LogP contribution in [0.4, 0.5) is 0 Å². The van der Waals surface area contributed by atoms with Crippen LogP contribution < -0.4 is 5.32 Å². The second-order valence-electron chi connectivity index (χ2n) is 4.11.